The van der Waals surface area contributed by atoms with Crippen molar-refractivity contribution < 1.29 is 4.79 Å². The summed E-state index contributed by atoms with van der Waals surface area (Å²) in [6.07, 6.45) is 4.14. The third-order valence-corrected chi connectivity index (χ3v) is 3.50. The largest absolute Gasteiger partial charge is 0.289 e. The molecule has 0 N–H and O–H groups in total. The number of nitrogens with zero attached hydrogens (tertiary/aromatic N) is 3. The average molecular weight is 277 g/mol. The van der Waals surface area contributed by atoms with Crippen molar-refractivity contribution in [3.05, 3.63) is 65.2 Å². The van der Waals surface area contributed by atoms with E-state index in [1.165, 1.54) is 0 Å². The van der Waals surface area contributed by atoms with Crippen molar-refractivity contribution in [2.45, 2.75) is 20.3 Å². The molecule has 0 atom stereocenters. The number of fused-ring (bicyclic) bond motifs is 1. The first-order chi connectivity index (χ1) is 10.2. The second-order valence-electron chi connectivity index (χ2n) is 4.93. The summed E-state index contributed by atoms with van der Waals surface area (Å²) in [6, 6.07) is 9.42. The Morgan fingerprint density at radius 2 is 2.00 bits per heavy atom. The molecule has 2 heterocycles. The van der Waals surface area contributed by atoms with Crippen LogP contribution in [0.1, 0.15) is 34.2 Å². The number of ketones is 1. The van der Waals surface area contributed by atoms with Crippen molar-refractivity contribution in [2.75, 3.05) is 0 Å². The maximum absolute atomic E-state index is 12.9. The van der Waals surface area contributed by atoms with Crippen LogP contribution < -0.4 is 0 Å². The van der Waals surface area contributed by atoms with E-state index in [0.29, 0.717) is 17.5 Å². The number of aromatic nitrogens is 3. The highest BCUT2D eigenvalue weighted by Gasteiger charge is 2.17. The normalized spacial score (nSPS) is 10.8. The molecule has 2 aromatic heterocycles. The molecular weight excluding hydrogens is 262 g/mol. The van der Waals surface area contributed by atoms with Gasteiger partial charge in [-0.3, -0.25) is 9.78 Å². The van der Waals surface area contributed by atoms with Crippen LogP contribution in [-0.2, 0) is 6.42 Å². The molecule has 4 nitrogen and oxygen atoms in total. The Balaban J connectivity index is 2.20. The highest BCUT2D eigenvalue weighted by Crippen LogP contribution is 2.22. The molecule has 0 fully saturated rings. The molecule has 0 unspecified atom stereocenters. The van der Waals surface area contributed by atoms with Crippen molar-refractivity contribution in [3.63, 3.8) is 0 Å². The second-order valence-corrected chi connectivity index (χ2v) is 4.93. The van der Waals surface area contributed by atoms with Crippen LogP contribution >= 0.6 is 0 Å². The van der Waals surface area contributed by atoms with Gasteiger partial charge in [0.15, 0.2) is 5.78 Å². The summed E-state index contributed by atoms with van der Waals surface area (Å²) in [4.78, 5) is 17.0. The van der Waals surface area contributed by atoms with Gasteiger partial charge in [-0.25, -0.2) is 0 Å². The highest BCUT2D eigenvalue weighted by atomic mass is 16.1. The van der Waals surface area contributed by atoms with Crippen LogP contribution in [0.3, 0.4) is 0 Å². The summed E-state index contributed by atoms with van der Waals surface area (Å²) in [7, 11) is 0. The van der Waals surface area contributed by atoms with E-state index >= 15 is 0 Å². The summed E-state index contributed by atoms with van der Waals surface area (Å²) in [5.41, 5.74) is 2.75. The Hall–Kier alpha value is -2.62. The SMILES string of the molecule is CCc1nnc(C)cc1C(=O)c1cccc2ccncc12. The maximum Gasteiger partial charge on any atom is 0.195 e. The molecule has 21 heavy (non-hydrogen) atoms. The lowest BCUT2D eigenvalue weighted by Gasteiger charge is -2.08. The number of hydrogen-bond donors (Lipinski definition) is 0. The van der Waals surface area contributed by atoms with E-state index in [4.69, 9.17) is 0 Å². The number of carbonyl (C=O) groups excluding carboxylic acids is 1. The van der Waals surface area contributed by atoms with Gasteiger partial charge in [-0.1, -0.05) is 25.1 Å². The predicted octanol–water partition coefficient (Wildman–Crippen LogP) is 3.13. The topological polar surface area (TPSA) is 55.7 Å². The van der Waals surface area contributed by atoms with E-state index in [9.17, 15) is 4.79 Å². The standard InChI is InChI=1S/C17H15N3O/c1-3-16-14(9-11(2)19-20-16)17(21)13-6-4-5-12-7-8-18-10-15(12)13/h4-10H,3H2,1-2H3. The van der Waals surface area contributed by atoms with Gasteiger partial charge in [0, 0.05) is 28.9 Å². The Morgan fingerprint density at radius 1 is 1.14 bits per heavy atom. The van der Waals surface area contributed by atoms with Crippen LogP contribution in [0, 0.1) is 6.92 Å². The molecule has 0 radical (unpaired) electrons. The number of benzene rings is 1. The minimum absolute atomic E-state index is 0.0246. The lowest BCUT2D eigenvalue weighted by atomic mass is 9.97. The molecule has 3 rings (SSSR count). The lowest BCUT2D eigenvalue weighted by molar-refractivity contribution is 0.103. The van der Waals surface area contributed by atoms with Gasteiger partial charge in [0.05, 0.1) is 11.4 Å². The lowest BCUT2D eigenvalue weighted by Crippen LogP contribution is -2.09. The van der Waals surface area contributed by atoms with Gasteiger partial charge < -0.3 is 0 Å². The fourth-order valence-electron chi connectivity index (χ4n) is 2.43. The molecule has 0 spiro atoms. The van der Waals surface area contributed by atoms with Gasteiger partial charge in [0.2, 0.25) is 0 Å². The van der Waals surface area contributed by atoms with Crippen LogP contribution in [0.2, 0.25) is 0 Å². The fourth-order valence-corrected chi connectivity index (χ4v) is 2.43. The molecule has 0 saturated heterocycles. The zero-order chi connectivity index (χ0) is 14.8. The molecule has 3 aromatic rings. The van der Waals surface area contributed by atoms with Crippen LogP contribution in [0.25, 0.3) is 10.8 Å². The molecule has 0 aliphatic carbocycles. The molecule has 104 valence electrons. The van der Waals surface area contributed by atoms with Gasteiger partial charge in [-0.05, 0) is 30.9 Å². The van der Waals surface area contributed by atoms with Gasteiger partial charge in [0.1, 0.15) is 0 Å². The third-order valence-electron chi connectivity index (χ3n) is 3.50. The van der Waals surface area contributed by atoms with Crippen molar-refractivity contribution in [1.82, 2.24) is 15.2 Å². The Morgan fingerprint density at radius 3 is 2.81 bits per heavy atom. The van der Waals surface area contributed by atoms with Crippen molar-refractivity contribution >= 4 is 16.6 Å². The van der Waals surface area contributed by atoms with Gasteiger partial charge in [-0.15, -0.1) is 0 Å². The number of aryl methyl sites for hydroxylation is 2. The van der Waals surface area contributed by atoms with Gasteiger partial charge in [0.25, 0.3) is 0 Å². The van der Waals surface area contributed by atoms with E-state index in [0.717, 1.165) is 22.2 Å². The first-order valence-electron chi connectivity index (χ1n) is 6.91. The highest BCUT2D eigenvalue weighted by molar-refractivity contribution is 6.16. The second kappa shape index (κ2) is 5.40. The number of hydrogen-bond acceptors (Lipinski definition) is 4. The average Bonchev–Trinajstić information content (AvgIpc) is 2.53. The Labute approximate surface area is 122 Å². The summed E-state index contributed by atoms with van der Waals surface area (Å²) < 4.78 is 0. The first kappa shape index (κ1) is 13.4. The molecule has 0 saturated carbocycles. The van der Waals surface area contributed by atoms with Crippen LogP contribution in [0.5, 0.6) is 0 Å². The molecule has 0 aliphatic heterocycles. The molecule has 0 aliphatic rings. The van der Waals surface area contributed by atoms with Crippen molar-refractivity contribution in [1.29, 1.82) is 0 Å². The molecular formula is C17H15N3O. The predicted molar refractivity (Wildman–Crippen MR) is 81.3 cm³/mol. The molecule has 0 amide bonds. The minimum atomic E-state index is -0.0246. The van der Waals surface area contributed by atoms with E-state index < -0.39 is 0 Å². The maximum atomic E-state index is 12.9. The van der Waals surface area contributed by atoms with Crippen LogP contribution in [0.4, 0.5) is 0 Å². The summed E-state index contributed by atoms with van der Waals surface area (Å²) in [5.74, 6) is -0.0246. The van der Waals surface area contributed by atoms with Crippen molar-refractivity contribution in [2.24, 2.45) is 0 Å². The third kappa shape index (κ3) is 2.40. The van der Waals surface area contributed by atoms with Crippen LogP contribution in [-0.4, -0.2) is 21.0 Å². The van der Waals surface area contributed by atoms with E-state index in [1.807, 2.05) is 44.2 Å². The monoisotopic (exact) mass is 277 g/mol. The quantitative estimate of drug-likeness (QED) is 0.690. The van der Waals surface area contributed by atoms with Gasteiger partial charge in [-0.2, -0.15) is 10.2 Å². The van der Waals surface area contributed by atoms with Crippen molar-refractivity contribution in [3.8, 4) is 0 Å². The molecule has 1 aromatic carbocycles. The number of rotatable bonds is 3. The summed E-state index contributed by atoms with van der Waals surface area (Å²) in [6.45, 7) is 3.81. The summed E-state index contributed by atoms with van der Waals surface area (Å²) >= 11 is 0. The van der Waals surface area contributed by atoms with E-state index in [1.54, 1.807) is 12.4 Å². The Bertz CT molecular complexity index is 822. The zero-order valence-electron chi connectivity index (χ0n) is 12.0. The Kier molecular flexibility index (Phi) is 3.44. The summed E-state index contributed by atoms with van der Waals surface area (Å²) in [5, 5.41) is 10.0. The van der Waals surface area contributed by atoms with Crippen LogP contribution in [0.15, 0.2) is 42.7 Å². The first-order valence-corrected chi connectivity index (χ1v) is 6.91. The van der Waals surface area contributed by atoms with E-state index in [2.05, 4.69) is 15.2 Å². The molecule has 4 heteroatoms. The minimum Gasteiger partial charge on any atom is -0.289 e. The van der Waals surface area contributed by atoms with Gasteiger partial charge >= 0.3 is 0 Å². The van der Waals surface area contributed by atoms with E-state index in [-0.39, 0.29) is 5.78 Å². The molecule has 0 bridgehead atoms. The fraction of sp³-hybridized carbons (Fsp3) is 0.176. The smallest absolute Gasteiger partial charge is 0.195 e. The number of pyridine rings is 1. The zero-order valence-corrected chi connectivity index (χ0v) is 12.0. The number of carbonyl (C=O) groups is 1.